The van der Waals surface area contributed by atoms with E-state index in [0.717, 1.165) is 6.42 Å². The zero-order valence-corrected chi connectivity index (χ0v) is 3.89. The molecule has 7 heavy (non-hydrogen) atoms. The van der Waals surface area contributed by atoms with E-state index in [2.05, 4.69) is 4.74 Å². The van der Waals surface area contributed by atoms with Gasteiger partial charge in [0, 0.05) is 5.92 Å². The summed E-state index contributed by atoms with van der Waals surface area (Å²) in [6.07, 6.45) is 1.10. The van der Waals surface area contributed by atoms with E-state index in [4.69, 9.17) is 0 Å². The first-order chi connectivity index (χ1) is 3.38. The molecule has 0 spiro atoms. The molecule has 0 amide bonds. The molecule has 0 radical (unpaired) electrons. The van der Waals surface area contributed by atoms with Crippen molar-refractivity contribution in [1.29, 1.82) is 0 Å². The van der Waals surface area contributed by atoms with Crippen LogP contribution in [0.5, 0.6) is 0 Å². The number of esters is 1. The van der Waals surface area contributed by atoms with Crippen LogP contribution < -0.4 is 0 Å². The molecule has 2 fully saturated rings. The first-order valence-electron chi connectivity index (χ1n) is 2.54. The third-order valence-electron chi connectivity index (χ3n) is 1.67. The second-order valence-electron chi connectivity index (χ2n) is 2.23. The summed E-state index contributed by atoms with van der Waals surface area (Å²) < 4.78 is 4.68. The zero-order chi connectivity index (χ0) is 4.85. The number of cyclic esters (lactones) is 1. The molecule has 1 saturated heterocycles. The lowest BCUT2D eigenvalue weighted by atomic mass is 10.4. The zero-order valence-electron chi connectivity index (χ0n) is 3.89. The van der Waals surface area contributed by atoms with Gasteiger partial charge in [0.25, 0.3) is 0 Å². The van der Waals surface area contributed by atoms with Gasteiger partial charge in [0.15, 0.2) is 0 Å². The topological polar surface area (TPSA) is 26.3 Å². The van der Waals surface area contributed by atoms with Crippen molar-refractivity contribution in [1.82, 2.24) is 0 Å². The van der Waals surface area contributed by atoms with Crippen LogP contribution in [0.25, 0.3) is 0 Å². The fourth-order valence-corrected chi connectivity index (χ4v) is 1.02. The highest BCUT2D eigenvalue weighted by Gasteiger charge is 2.50. The van der Waals surface area contributed by atoms with Crippen molar-refractivity contribution in [2.45, 2.75) is 6.42 Å². The molecule has 0 aromatic carbocycles. The van der Waals surface area contributed by atoms with Gasteiger partial charge in [0.1, 0.15) is 0 Å². The molecular formula is C5H6O2. The average molecular weight is 98.1 g/mol. The summed E-state index contributed by atoms with van der Waals surface area (Å²) in [5, 5.41) is 0. The number of ether oxygens (including phenoxy) is 1. The van der Waals surface area contributed by atoms with Gasteiger partial charge in [0.2, 0.25) is 0 Å². The molecule has 0 aromatic heterocycles. The maximum atomic E-state index is 10.4. The summed E-state index contributed by atoms with van der Waals surface area (Å²) in [5.41, 5.74) is 0. The van der Waals surface area contributed by atoms with Crippen LogP contribution in [0.2, 0.25) is 0 Å². The second-order valence-corrected chi connectivity index (χ2v) is 2.23. The van der Waals surface area contributed by atoms with Gasteiger partial charge in [-0.15, -0.1) is 0 Å². The summed E-state index contributed by atoms with van der Waals surface area (Å²) in [4.78, 5) is 10.4. The number of hydrogen-bond donors (Lipinski definition) is 0. The monoisotopic (exact) mass is 98.0 g/mol. The van der Waals surface area contributed by atoms with Crippen LogP contribution in [-0.2, 0) is 9.53 Å². The van der Waals surface area contributed by atoms with Crippen LogP contribution in [0.3, 0.4) is 0 Å². The number of fused-ring (bicyclic) bond motifs is 1. The van der Waals surface area contributed by atoms with Crippen LogP contribution in [0.1, 0.15) is 6.42 Å². The van der Waals surface area contributed by atoms with Gasteiger partial charge >= 0.3 is 5.97 Å². The molecular weight excluding hydrogens is 92.1 g/mol. The molecule has 2 atom stereocenters. The van der Waals surface area contributed by atoms with Crippen LogP contribution in [0.4, 0.5) is 0 Å². The van der Waals surface area contributed by atoms with Crippen molar-refractivity contribution in [3.8, 4) is 0 Å². The summed E-state index contributed by atoms with van der Waals surface area (Å²) in [5.74, 6) is 0.970. The summed E-state index contributed by atoms with van der Waals surface area (Å²) in [6, 6.07) is 0. The fourth-order valence-electron chi connectivity index (χ4n) is 1.02. The van der Waals surface area contributed by atoms with Gasteiger partial charge in [0.05, 0.1) is 12.5 Å². The minimum Gasteiger partial charge on any atom is -0.465 e. The van der Waals surface area contributed by atoms with Crippen LogP contribution in [0, 0.1) is 11.8 Å². The van der Waals surface area contributed by atoms with E-state index in [9.17, 15) is 4.79 Å². The Morgan fingerprint density at radius 2 is 2.57 bits per heavy atom. The highest BCUT2D eigenvalue weighted by Crippen LogP contribution is 2.44. The van der Waals surface area contributed by atoms with Crippen molar-refractivity contribution in [2.24, 2.45) is 11.8 Å². The van der Waals surface area contributed by atoms with Crippen molar-refractivity contribution >= 4 is 5.97 Å². The molecule has 38 valence electrons. The van der Waals surface area contributed by atoms with Crippen LogP contribution >= 0.6 is 0 Å². The van der Waals surface area contributed by atoms with Crippen molar-refractivity contribution < 1.29 is 9.53 Å². The van der Waals surface area contributed by atoms with Gasteiger partial charge in [-0.1, -0.05) is 0 Å². The molecule has 2 rings (SSSR count). The van der Waals surface area contributed by atoms with Gasteiger partial charge in [-0.2, -0.15) is 0 Å². The van der Waals surface area contributed by atoms with Crippen molar-refractivity contribution in [3.05, 3.63) is 0 Å². The Morgan fingerprint density at radius 3 is 2.71 bits per heavy atom. The SMILES string of the molecule is O=C1OC[C@@H]2CC12. The Bertz CT molecular complexity index is 119. The predicted octanol–water partition coefficient (Wildman–Crippen LogP) is 0.179. The Hall–Kier alpha value is -0.530. The van der Waals surface area contributed by atoms with E-state index < -0.39 is 0 Å². The molecule has 1 saturated carbocycles. The number of rotatable bonds is 0. The molecule has 1 unspecified atom stereocenters. The Balaban J connectivity index is 2.21. The second kappa shape index (κ2) is 0.831. The van der Waals surface area contributed by atoms with E-state index in [1.807, 2.05) is 0 Å². The molecule has 1 heterocycles. The maximum Gasteiger partial charge on any atom is 0.309 e. The van der Waals surface area contributed by atoms with E-state index in [0.29, 0.717) is 18.4 Å². The highest BCUT2D eigenvalue weighted by molar-refractivity contribution is 5.78. The number of carbonyl (C=O) groups excluding carboxylic acids is 1. The quantitative estimate of drug-likeness (QED) is 0.404. The van der Waals surface area contributed by atoms with E-state index >= 15 is 0 Å². The molecule has 1 aliphatic heterocycles. The maximum absolute atomic E-state index is 10.4. The molecule has 2 aliphatic rings. The van der Waals surface area contributed by atoms with E-state index in [1.165, 1.54) is 0 Å². The van der Waals surface area contributed by atoms with Gasteiger partial charge in [-0.3, -0.25) is 4.79 Å². The van der Waals surface area contributed by atoms with Crippen molar-refractivity contribution in [3.63, 3.8) is 0 Å². The lowest BCUT2D eigenvalue weighted by Gasteiger charge is -1.89. The molecule has 0 aromatic rings. The fraction of sp³-hybridized carbons (Fsp3) is 0.800. The van der Waals surface area contributed by atoms with E-state index in [-0.39, 0.29) is 5.97 Å². The van der Waals surface area contributed by atoms with Crippen molar-refractivity contribution in [2.75, 3.05) is 6.61 Å². The molecule has 2 heteroatoms. The first kappa shape index (κ1) is 3.47. The Kier molecular flexibility index (Phi) is 0.412. The summed E-state index contributed by atoms with van der Waals surface area (Å²) >= 11 is 0. The Labute approximate surface area is 41.5 Å². The largest absolute Gasteiger partial charge is 0.465 e. The lowest BCUT2D eigenvalue weighted by Crippen LogP contribution is -1.97. The van der Waals surface area contributed by atoms with Crippen LogP contribution in [0.15, 0.2) is 0 Å². The Morgan fingerprint density at radius 1 is 1.71 bits per heavy atom. The lowest BCUT2D eigenvalue weighted by molar-refractivity contribution is -0.140. The van der Waals surface area contributed by atoms with Gasteiger partial charge in [-0.05, 0) is 6.42 Å². The van der Waals surface area contributed by atoms with Gasteiger partial charge < -0.3 is 4.74 Å². The average Bonchev–Trinajstić information content (AvgIpc) is 2.33. The standard InChI is InChI=1S/C5H6O2/c6-5-4-1-3(4)2-7-5/h3-4H,1-2H2/t3-,4?/m0/s1. The summed E-state index contributed by atoms with van der Waals surface area (Å²) in [7, 11) is 0. The van der Waals surface area contributed by atoms with Crippen LogP contribution in [-0.4, -0.2) is 12.6 Å². The number of hydrogen-bond acceptors (Lipinski definition) is 2. The third kappa shape index (κ3) is 0.315. The minimum absolute atomic E-state index is 0.0324. The predicted molar refractivity (Wildman–Crippen MR) is 22.6 cm³/mol. The molecule has 0 bridgehead atoms. The summed E-state index contributed by atoms with van der Waals surface area (Å²) in [6.45, 7) is 0.698. The highest BCUT2D eigenvalue weighted by atomic mass is 16.5. The molecule has 2 nitrogen and oxygen atoms in total. The molecule has 1 aliphatic carbocycles. The molecule has 0 N–H and O–H groups in total. The van der Waals surface area contributed by atoms with E-state index in [1.54, 1.807) is 0 Å². The van der Waals surface area contributed by atoms with Gasteiger partial charge in [-0.25, -0.2) is 0 Å². The smallest absolute Gasteiger partial charge is 0.309 e. The third-order valence-corrected chi connectivity index (χ3v) is 1.67. The minimum atomic E-state index is 0.0324. The number of carbonyl (C=O) groups is 1. The first-order valence-corrected chi connectivity index (χ1v) is 2.54. The normalized spacial score (nSPS) is 45.4.